The maximum atomic E-state index is 12.0. The molecule has 0 spiro atoms. The number of fused-ring (bicyclic) bond motifs is 1. The molecule has 0 amide bonds. The Balaban J connectivity index is 1.67. The maximum Gasteiger partial charge on any atom is 0.310 e. The number of hydrogen-bond acceptors (Lipinski definition) is 4. The van der Waals surface area contributed by atoms with Gasteiger partial charge in [0, 0.05) is 36.6 Å². The van der Waals surface area contributed by atoms with Gasteiger partial charge in [-0.25, -0.2) is 0 Å². The molecular weight excluding hydrogens is 328 g/mol. The third-order valence-electron chi connectivity index (χ3n) is 4.04. The summed E-state index contributed by atoms with van der Waals surface area (Å²) in [6.45, 7) is 3.84. The quantitative estimate of drug-likeness (QED) is 0.624. The second-order valence-corrected chi connectivity index (χ2v) is 7.20. The van der Waals surface area contributed by atoms with Crippen LogP contribution in [0.15, 0.2) is 36.5 Å². The fraction of sp³-hybridized carbons (Fsp3) is 0.412. The van der Waals surface area contributed by atoms with Crippen LogP contribution in [0.25, 0.3) is 10.9 Å². The Morgan fingerprint density at radius 2 is 2.22 bits per heavy atom. The Bertz CT molecular complexity index is 713. The van der Waals surface area contributed by atoms with E-state index in [-0.39, 0.29) is 11.9 Å². The molecule has 0 bridgehead atoms. The van der Waals surface area contributed by atoms with Crippen molar-refractivity contribution in [2.24, 2.45) is 5.92 Å². The number of rotatable bonds is 3. The Kier molecular flexibility index (Phi) is 5.23. The molecule has 0 radical (unpaired) electrons. The second-order valence-electron chi connectivity index (χ2n) is 5.59. The van der Waals surface area contributed by atoms with Crippen molar-refractivity contribution in [2.75, 3.05) is 19.7 Å². The molecule has 0 N–H and O–H groups in total. The molecule has 1 aliphatic heterocycles. The maximum absolute atomic E-state index is 12.0. The highest BCUT2D eigenvalue weighted by atomic mass is 32.2. The van der Waals surface area contributed by atoms with Crippen LogP contribution in [0.2, 0.25) is 0 Å². The fourth-order valence-corrected chi connectivity index (χ4v) is 4.12. The van der Waals surface area contributed by atoms with Crippen LogP contribution in [0.5, 0.6) is 0 Å². The van der Waals surface area contributed by atoms with E-state index in [9.17, 15) is 4.79 Å². The zero-order chi connectivity index (χ0) is 16.2. The standard InChI is InChI=1S/C17H20N2O2S2/c1-2-21-16(20)14-7-5-10-18(12-14)17(22)23-19-11-9-13-6-3-4-8-15(13)19/h3-4,6,8-9,11,14H,2,5,7,10,12H2,1H3. The van der Waals surface area contributed by atoms with Gasteiger partial charge in [-0.15, -0.1) is 0 Å². The van der Waals surface area contributed by atoms with Crippen LogP contribution in [0.3, 0.4) is 0 Å². The lowest BCUT2D eigenvalue weighted by Crippen LogP contribution is -2.41. The van der Waals surface area contributed by atoms with Gasteiger partial charge in [0.25, 0.3) is 0 Å². The summed E-state index contributed by atoms with van der Waals surface area (Å²) in [5.41, 5.74) is 1.15. The van der Waals surface area contributed by atoms with Gasteiger partial charge in [-0.3, -0.25) is 8.77 Å². The van der Waals surface area contributed by atoms with Crippen molar-refractivity contribution in [3.63, 3.8) is 0 Å². The van der Waals surface area contributed by atoms with E-state index in [1.165, 1.54) is 17.3 Å². The lowest BCUT2D eigenvalue weighted by atomic mass is 9.99. The molecule has 1 atom stereocenters. The molecule has 1 saturated heterocycles. The number of hydrogen-bond donors (Lipinski definition) is 0. The summed E-state index contributed by atoms with van der Waals surface area (Å²) in [4.78, 5) is 14.1. The van der Waals surface area contributed by atoms with Gasteiger partial charge >= 0.3 is 5.97 Å². The largest absolute Gasteiger partial charge is 0.466 e. The number of ether oxygens (including phenoxy) is 1. The summed E-state index contributed by atoms with van der Waals surface area (Å²) in [6.07, 6.45) is 3.89. The van der Waals surface area contributed by atoms with E-state index in [0.29, 0.717) is 13.2 Å². The number of esters is 1. The molecule has 1 aliphatic rings. The van der Waals surface area contributed by atoms with E-state index in [0.717, 1.165) is 29.2 Å². The van der Waals surface area contributed by atoms with Crippen molar-refractivity contribution >= 4 is 45.4 Å². The SMILES string of the molecule is CCOC(=O)C1CCCN(C(=S)Sn2ccc3ccccc32)C1. The molecule has 1 fully saturated rings. The molecule has 0 aliphatic carbocycles. The minimum Gasteiger partial charge on any atom is -0.466 e. The minimum atomic E-state index is -0.101. The number of carbonyl (C=O) groups is 1. The van der Waals surface area contributed by atoms with Gasteiger partial charge in [-0.2, -0.15) is 0 Å². The highest BCUT2D eigenvalue weighted by molar-refractivity contribution is 8.22. The van der Waals surface area contributed by atoms with Gasteiger partial charge in [0.05, 0.1) is 18.0 Å². The van der Waals surface area contributed by atoms with Crippen LogP contribution in [0.4, 0.5) is 0 Å². The van der Waals surface area contributed by atoms with Gasteiger partial charge < -0.3 is 9.64 Å². The number of carbonyl (C=O) groups excluding carboxylic acids is 1. The second kappa shape index (κ2) is 7.36. The topological polar surface area (TPSA) is 34.5 Å². The minimum absolute atomic E-state index is 0.0661. The van der Waals surface area contributed by atoms with Crippen molar-refractivity contribution in [1.29, 1.82) is 0 Å². The lowest BCUT2D eigenvalue weighted by Gasteiger charge is -2.32. The number of likely N-dealkylation sites (tertiary alicyclic amines) is 1. The van der Waals surface area contributed by atoms with Crippen LogP contribution >= 0.6 is 24.2 Å². The Labute approximate surface area is 145 Å². The first-order valence-corrected chi connectivity index (χ1v) is 9.07. The molecule has 23 heavy (non-hydrogen) atoms. The first-order chi connectivity index (χ1) is 11.2. The van der Waals surface area contributed by atoms with E-state index >= 15 is 0 Å². The first kappa shape index (κ1) is 16.3. The number of benzene rings is 1. The number of nitrogens with zero attached hydrogens (tertiary/aromatic N) is 2. The predicted octanol–water partition coefficient (Wildman–Crippen LogP) is 3.70. The van der Waals surface area contributed by atoms with Gasteiger partial charge in [0.15, 0.2) is 4.32 Å². The first-order valence-electron chi connectivity index (χ1n) is 7.89. The molecule has 3 rings (SSSR count). The van der Waals surface area contributed by atoms with Gasteiger partial charge in [0.2, 0.25) is 0 Å². The third kappa shape index (κ3) is 3.70. The fourth-order valence-electron chi connectivity index (χ4n) is 2.87. The molecule has 122 valence electrons. The molecule has 1 aromatic carbocycles. The molecule has 6 heteroatoms. The molecule has 4 nitrogen and oxygen atoms in total. The van der Waals surface area contributed by atoms with Crippen LogP contribution < -0.4 is 0 Å². The summed E-state index contributed by atoms with van der Waals surface area (Å²) in [6, 6.07) is 10.3. The normalized spacial score (nSPS) is 18.1. The van der Waals surface area contributed by atoms with Gasteiger partial charge in [0.1, 0.15) is 0 Å². The van der Waals surface area contributed by atoms with Crippen molar-refractivity contribution in [1.82, 2.24) is 8.87 Å². The molecule has 0 saturated carbocycles. The van der Waals surface area contributed by atoms with Crippen LogP contribution in [-0.2, 0) is 9.53 Å². The van der Waals surface area contributed by atoms with E-state index in [1.807, 2.05) is 25.3 Å². The summed E-state index contributed by atoms with van der Waals surface area (Å²) in [5, 5.41) is 1.20. The average molecular weight is 348 g/mol. The molecule has 2 heterocycles. The number of thiocarbonyl (C=S) groups is 1. The summed E-state index contributed by atoms with van der Waals surface area (Å²) < 4.78 is 8.05. The van der Waals surface area contributed by atoms with Gasteiger partial charge in [-0.05, 0) is 31.9 Å². The summed E-state index contributed by atoms with van der Waals surface area (Å²) in [5.74, 6) is -0.167. The smallest absolute Gasteiger partial charge is 0.310 e. The lowest BCUT2D eigenvalue weighted by molar-refractivity contribution is -0.149. The molecule has 2 aromatic rings. The van der Waals surface area contributed by atoms with Crippen molar-refractivity contribution in [2.45, 2.75) is 19.8 Å². The number of piperidine rings is 1. The number of para-hydroxylation sites is 1. The zero-order valence-electron chi connectivity index (χ0n) is 13.1. The van der Waals surface area contributed by atoms with Crippen molar-refractivity contribution in [3.05, 3.63) is 36.5 Å². The molecule has 1 aromatic heterocycles. The Morgan fingerprint density at radius 3 is 3.04 bits per heavy atom. The van der Waals surface area contributed by atoms with E-state index in [2.05, 4.69) is 27.1 Å². The third-order valence-corrected chi connectivity index (χ3v) is 5.45. The summed E-state index contributed by atoms with van der Waals surface area (Å²) >= 11 is 7.14. The van der Waals surface area contributed by atoms with Crippen LogP contribution in [-0.4, -0.2) is 38.9 Å². The molecule has 1 unspecified atom stereocenters. The van der Waals surface area contributed by atoms with Crippen molar-refractivity contribution < 1.29 is 9.53 Å². The van der Waals surface area contributed by atoms with E-state index in [1.54, 1.807) is 0 Å². The molecular formula is C17H20N2O2S2. The Hall–Kier alpha value is -1.53. The van der Waals surface area contributed by atoms with Gasteiger partial charge in [-0.1, -0.05) is 30.4 Å². The summed E-state index contributed by atoms with van der Waals surface area (Å²) in [7, 11) is 0. The highest BCUT2D eigenvalue weighted by Gasteiger charge is 2.28. The van der Waals surface area contributed by atoms with Crippen LogP contribution in [0, 0.1) is 5.92 Å². The van der Waals surface area contributed by atoms with Crippen molar-refractivity contribution in [3.8, 4) is 0 Å². The number of aromatic nitrogens is 1. The highest BCUT2D eigenvalue weighted by Crippen LogP contribution is 2.26. The average Bonchev–Trinajstić information content (AvgIpc) is 2.98. The van der Waals surface area contributed by atoms with Crippen LogP contribution in [0.1, 0.15) is 19.8 Å². The zero-order valence-corrected chi connectivity index (χ0v) is 14.7. The Morgan fingerprint density at radius 1 is 1.39 bits per heavy atom. The monoisotopic (exact) mass is 348 g/mol. The van der Waals surface area contributed by atoms with E-state index < -0.39 is 0 Å². The predicted molar refractivity (Wildman–Crippen MR) is 98.5 cm³/mol. The van der Waals surface area contributed by atoms with E-state index in [4.69, 9.17) is 17.0 Å².